The van der Waals surface area contributed by atoms with Crippen molar-refractivity contribution in [2.45, 2.75) is 12.8 Å². The number of aliphatic hydroxyl groups is 1. The van der Waals surface area contributed by atoms with E-state index in [1.54, 1.807) is 18.2 Å². The molecule has 0 saturated carbocycles. The number of benzene rings is 2. The molecule has 0 amide bonds. The summed E-state index contributed by atoms with van der Waals surface area (Å²) in [7, 11) is -3.53. The van der Waals surface area contributed by atoms with Crippen molar-refractivity contribution >= 4 is 44.6 Å². The van der Waals surface area contributed by atoms with Crippen LogP contribution in [-0.2, 0) is 16.4 Å². The predicted molar refractivity (Wildman–Crippen MR) is 101 cm³/mol. The zero-order chi connectivity index (χ0) is 18.6. The molecule has 4 N–H and O–H groups in total. The van der Waals surface area contributed by atoms with E-state index < -0.39 is 10.0 Å². The molecule has 0 aromatic heterocycles. The highest BCUT2D eigenvalue weighted by Gasteiger charge is 2.15. The van der Waals surface area contributed by atoms with E-state index in [0.29, 0.717) is 34.9 Å². The van der Waals surface area contributed by atoms with Gasteiger partial charge in [-0.15, -0.1) is 0 Å². The van der Waals surface area contributed by atoms with E-state index in [1.807, 2.05) is 0 Å². The van der Waals surface area contributed by atoms with E-state index in [-0.39, 0.29) is 23.1 Å². The Morgan fingerprint density at radius 3 is 2.52 bits per heavy atom. The molecule has 0 radical (unpaired) electrons. The SMILES string of the molecule is CS(=O)(=O)Nc1cc(CCCO)c(N)cc1Oc1ccc(Cl)cc1Cl. The number of nitrogens with one attached hydrogen (secondary N) is 1. The van der Waals surface area contributed by atoms with Gasteiger partial charge in [-0.25, -0.2) is 8.42 Å². The van der Waals surface area contributed by atoms with E-state index >= 15 is 0 Å². The number of aliphatic hydroxyl groups excluding tert-OH is 1. The molecule has 0 spiro atoms. The first-order valence-electron chi connectivity index (χ1n) is 7.33. The third kappa shape index (κ3) is 5.67. The molecule has 25 heavy (non-hydrogen) atoms. The lowest BCUT2D eigenvalue weighted by Gasteiger charge is -2.16. The molecule has 0 saturated heterocycles. The number of ether oxygens (including phenoxy) is 1. The molecule has 6 nitrogen and oxygen atoms in total. The average molecular weight is 405 g/mol. The van der Waals surface area contributed by atoms with Gasteiger partial charge < -0.3 is 15.6 Å². The molecule has 0 aliphatic heterocycles. The van der Waals surface area contributed by atoms with Crippen LogP contribution in [0.4, 0.5) is 11.4 Å². The Hall–Kier alpha value is -1.67. The molecule has 0 unspecified atom stereocenters. The minimum Gasteiger partial charge on any atom is -0.454 e. The van der Waals surface area contributed by atoms with E-state index in [0.717, 1.165) is 6.26 Å². The number of hydrogen-bond donors (Lipinski definition) is 3. The van der Waals surface area contributed by atoms with Crippen LogP contribution in [0.15, 0.2) is 30.3 Å². The van der Waals surface area contributed by atoms with Gasteiger partial charge in [0.15, 0.2) is 5.75 Å². The first-order valence-corrected chi connectivity index (χ1v) is 9.98. The number of aryl methyl sites for hydroxylation is 1. The summed E-state index contributed by atoms with van der Waals surface area (Å²) in [6.07, 6.45) is 2.05. The lowest BCUT2D eigenvalue weighted by molar-refractivity contribution is 0.288. The van der Waals surface area contributed by atoms with Crippen LogP contribution in [0.1, 0.15) is 12.0 Å². The Morgan fingerprint density at radius 2 is 1.92 bits per heavy atom. The summed E-state index contributed by atoms with van der Waals surface area (Å²) in [5, 5.41) is 9.70. The number of nitrogens with two attached hydrogens (primary N) is 1. The Balaban J connectivity index is 2.45. The first-order chi connectivity index (χ1) is 11.7. The number of rotatable bonds is 7. The third-order valence-electron chi connectivity index (χ3n) is 3.25. The maximum atomic E-state index is 11.6. The van der Waals surface area contributed by atoms with Crippen LogP contribution < -0.4 is 15.2 Å². The summed E-state index contributed by atoms with van der Waals surface area (Å²) in [5.41, 5.74) is 7.38. The van der Waals surface area contributed by atoms with Crippen LogP contribution in [-0.4, -0.2) is 26.4 Å². The van der Waals surface area contributed by atoms with E-state index in [4.69, 9.17) is 38.8 Å². The van der Waals surface area contributed by atoms with Crippen molar-refractivity contribution < 1.29 is 18.3 Å². The van der Waals surface area contributed by atoms with E-state index in [2.05, 4.69) is 4.72 Å². The molecule has 0 atom stereocenters. The Morgan fingerprint density at radius 1 is 1.20 bits per heavy atom. The summed E-state index contributed by atoms with van der Waals surface area (Å²) in [5.74, 6) is 0.519. The van der Waals surface area contributed by atoms with Gasteiger partial charge in [-0.2, -0.15) is 0 Å². The molecule has 9 heteroatoms. The van der Waals surface area contributed by atoms with E-state index in [1.165, 1.54) is 12.1 Å². The van der Waals surface area contributed by atoms with Gasteiger partial charge >= 0.3 is 0 Å². The molecule has 2 rings (SSSR count). The standard InChI is InChI=1S/C16H18Cl2N2O4S/c1-25(22,23)20-14-7-10(3-2-6-21)13(19)9-16(14)24-15-5-4-11(17)8-12(15)18/h4-5,7-9,20-21H,2-3,6,19H2,1H3. The maximum Gasteiger partial charge on any atom is 0.229 e. The fraction of sp³-hybridized carbons (Fsp3) is 0.250. The second kappa shape index (κ2) is 8.14. The highest BCUT2D eigenvalue weighted by Crippen LogP contribution is 2.38. The van der Waals surface area contributed by atoms with Crippen LogP contribution in [0.2, 0.25) is 10.0 Å². The molecule has 0 aliphatic rings. The number of nitrogen functional groups attached to an aromatic ring is 1. The molecule has 0 fully saturated rings. The number of halogens is 2. The number of anilines is 2. The Kier molecular flexibility index (Phi) is 6.40. The second-order valence-electron chi connectivity index (χ2n) is 5.43. The van der Waals surface area contributed by atoms with Crippen LogP contribution in [0, 0.1) is 0 Å². The molecule has 0 heterocycles. The Labute approximate surface area is 156 Å². The third-order valence-corrected chi connectivity index (χ3v) is 4.38. The number of sulfonamides is 1. The summed E-state index contributed by atoms with van der Waals surface area (Å²) < 4.78 is 31.4. The molecule has 136 valence electrons. The average Bonchev–Trinajstić information content (AvgIpc) is 2.50. The topological polar surface area (TPSA) is 102 Å². The van der Waals surface area contributed by atoms with Crippen molar-refractivity contribution in [2.75, 3.05) is 23.3 Å². The normalized spacial score (nSPS) is 11.4. The monoisotopic (exact) mass is 404 g/mol. The number of hydrogen-bond acceptors (Lipinski definition) is 5. The minimum absolute atomic E-state index is 0.00686. The fourth-order valence-electron chi connectivity index (χ4n) is 2.17. The van der Waals surface area contributed by atoms with Crippen molar-refractivity contribution in [3.8, 4) is 11.5 Å². The van der Waals surface area contributed by atoms with Gasteiger partial charge in [-0.3, -0.25) is 4.72 Å². The fourth-order valence-corrected chi connectivity index (χ4v) is 3.17. The molecule has 2 aromatic carbocycles. The van der Waals surface area contributed by atoms with Crippen LogP contribution >= 0.6 is 23.2 Å². The van der Waals surface area contributed by atoms with E-state index in [9.17, 15) is 8.42 Å². The van der Waals surface area contributed by atoms with Crippen molar-refractivity contribution in [3.05, 3.63) is 45.9 Å². The van der Waals surface area contributed by atoms with Crippen molar-refractivity contribution in [1.29, 1.82) is 0 Å². The van der Waals surface area contributed by atoms with Crippen molar-refractivity contribution in [2.24, 2.45) is 0 Å². The molecule has 0 aliphatic carbocycles. The van der Waals surface area contributed by atoms with Gasteiger partial charge in [0.1, 0.15) is 5.75 Å². The van der Waals surface area contributed by atoms with Gasteiger partial charge in [0.05, 0.1) is 17.0 Å². The second-order valence-corrected chi connectivity index (χ2v) is 8.02. The highest BCUT2D eigenvalue weighted by molar-refractivity contribution is 7.92. The van der Waals surface area contributed by atoms with Gasteiger partial charge in [-0.1, -0.05) is 23.2 Å². The lowest BCUT2D eigenvalue weighted by atomic mass is 10.1. The molecule has 2 aromatic rings. The summed E-state index contributed by atoms with van der Waals surface area (Å²) in [6, 6.07) is 7.80. The summed E-state index contributed by atoms with van der Waals surface area (Å²) in [6.45, 7) is 0.00686. The highest BCUT2D eigenvalue weighted by atomic mass is 35.5. The predicted octanol–water partition coefficient (Wildman–Crippen LogP) is 3.66. The summed E-state index contributed by atoms with van der Waals surface area (Å²) >= 11 is 12.0. The largest absolute Gasteiger partial charge is 0.454 e. The molecular weight excluding hydrogens is 387 g/mol. The van der Waals surface area contributed by atoms with Crippen molar-refractivity contribution in [1.82, 2.24) is 0 Å². The van der Waals surface area contributed by atoms with Gasteiger partial charge in [0.2, 0.25) is 10.0 Å². The van der Waals surface area contributed by atoms with Crippen LogP contribution in [0.3, 0.4) is 0 Å². The smallest absolute Gasteiger partial charge is 0.229 e. The molecule has 0 bridgehead atoms. The quantitative estimate of drug-likeness (QED) is 0.611. The van der Waals surface area contributed by atoms with Gasteiger partial charge in [-0.05, 0) is 42.7 Å². The van der Waals surface area contributed by atoms with Gasteiger partial charge in [0, 0.05) is 23.4 Å². The minimum atomic E-state index is -3.53. The van der Waals surface area contributed by atoms with Crippen LogP contribution in [0.5, 0.6) is 11.5 Å². The van der Waals surface area contributed by atoms with Crippen molar-refractivity contribution in [3.63, 3.8) is 0 Å². The lowest BCUT2D eigenvalue weighted by Crippen LogP contribution is -2.11. The van der Waals surface area contributed by atoms with Crippen LogP contribution in [0.25, 0.3) is 0 Å². The molecular formula is C16H18Cl2N2O4S. The zero-order valence-corrected chi connectivity index (χ0v) is 15.7. The first kappa shape index (κ1) is 19.7. The summed E-state index contributed by atoms with van der Waals surface area (Å²) in [4.78, 5) is 0. The Bertz CT molecular complexity index is 873. The maximum absolute atomic E-state index is 11.6. The van der Waals surface area contributed by atoms with Gasteiger partial charge in [0.25, 0.3) is 0 Å². The zero-order valence-electron chi connectivity index (χ0n) is 13.4.